The van der Waals surface area contributed by atoms with Gasteiger partial charge in [-0.15, -0.1) is 0 Å². The first kappa shape index (κ1) is 43.4. The zero-order chi connectivity index (χ0) is 37.7. The Hall–Kier alpha value is -3.62. The van der Waals surface area contributed by atoms with Crippen molar-refractivity contribution >= 4 is 35.0 Å². The van der Waals surface area contributed by atoms with Crippen molar-refractivity contribution in [3.8, 4) is 11.1 Å². The highest BCUT2D eigenvalue weighted by atomic mass is 35.5. The maximum Gasteiger partial charge on any atom is 0.305 e. The van der Waals surface area contributed by atoms with Gasteiger partial charge in [-0.05, 0) is 139 Å². The highest BCUT2D eigenvalue weighted by Crippen LogP contribution is 2.34. The van der Waals surface area contributed by atoms with Crippen LogP contribution in [-0.2, 0) is 19.2 Å². The number of benzene rings is 2. The van der Waals surface area contributed by atoms with E-state index in [1.807, 2.05) is 46.8 Å². The lowest BCUT2D eigenvalue weighted by atomic mass is 9.87. The molecule has 0 heterocycles. The van der Waals surface area contributed by atoms with Crippen LogP contribution >= 0.6 is 11.6 Å². The molecule has 270 valence electrons. The maximum atomic E-state index is 15.4. The molecule has 7 nitrogen and oxygen atoms in total. The number of carbonyl (C=O) groups is 4. The van der Waals surface area contributed by atoms with Crippen LogP contribution in [0.5, 0.6) is 0 Å². The van der Waals surface area contributed by atoms with Crippen LogP contribution in [0.25, 0.3) is 11.1 Å². The number of allylic oxidation sites excluding steroid dienone is 4. The summed E-state index contributed by atoms with van der Waals surface area (Å²) in [6.07, 6.45) is 2.14. The summed E-state index contributed by atoms with van der Waals surface area (Å²) in [6.45, 7) is 19.4. The Morgan fingerprint density at radius 1 is 0.959 bits per heavy atom. The fraction of sp³-hybridized carbons (Fsp3) is 0.500. The molecule has 2 aromatic carbocycles. The van der Waals surface area contributed by atoms with Crippen LogP contribution in [0.4, 0.5) is 4.39 Å². The van der Waals surface area contributed by atoms with E-state index in [4.69, 9.17) is 11.6 Å². The van der Waals surface area contributed by atoms with Crippen molar-refractivity contribution < 1.29 is 28.7 Å². The quantitative estimate of drug-likeness (QED) is 0.0833. The third-order valence-electron chi connectivity index (χ3n) is 8.08. The van der Waals surface area contributed by atoms with Gasteiger partial charge in [0.2, 0.25) is 5.91 Å². The number of carboxylic acids is 1. The molecule has 2 aromatic rings. The number of carboxylic acid groups (broad SMARTS) is 1. The van der Waals surface area contributed by atoms with Gasteiger partial charge in [0, 0.05) is 17.4 Å². The Kier molecular flexibility index (Phi) is 17.8. The summed E-state index contributed by atoms with van der Waals surface area (Å²) in [5.41, 5.74) is 5.58. The third-order valence-corrected chi connectivity index (χ3v) is 8.57. The molecule has 0 fully saturated rings. The lowest BCUT2D eigenvalue weighted by molar-refractivity contribution is -0.138. The van der Waals surface area contributed by atoms with Crippen molar-refractivity contribution in [2.45, 2.75) is 101 Å². The van der Waals surface area contributed by atoms with Crippen LogP contribution in [0.1, 0.15) is 101 Å². The van der Waals surface area contributed by atoms with Crippen LogP contribution in [0, 0.1) is 45.3 Å². The van der Waals surface area contributed by atoms with Crippen LogP contribution in [0.3, 0.4) is 0 Å². The van der Waals surface area contributed by atoms with E-state index in [-0.39, 0.29) is 28.5 Å². The number of ketones is 2. The van der Waals surface area contributed by atoms with Crippen LogP contribution < -0.4 is 5.32 Å². The summed E-state index contributed by atoms with van der Waals surface area (Å²) in [5, 5.41) is 12.8. The highest BCUT2D eigenvalue weighted by molar-refractivity contribution is 6.33. The van der Waals surface area contributed by atoms with E-state index >= 15 is 4.39 Å². The van der Waals surface area contributed by atoms with Crippen molar-refractivity contribution in [2.24, 2.45) is 11.8 Å². The molecule has 0 bridgehead atoms. The number of hydrogen-bond acceptors (Lipinski definition) is 5. The van der Waals surface area contributed by atoms with E-state index < -0.39 is 47.6 Å². The number of hydrogen-bond donors (Lipinski definition) is 2. The predicted molar refractivity (Wildman–Crippen MR) is 198 cm³/mol. The molecule has 0 radical (unpaired) electrons. The second-order valence-corrected chi connectivity index (χ2v) is 14.2. The van der Waals surface area contributed by atoms with Gasteiger partial charge < -0.3 is 15.3 Å². The summed E-state index contributed by atoms with van der Waals surface area (Å²) in [6, 6.07) is 6.10. The first-order valence-electron chi connectivity index (χ1n) is 16.8. The summed E-state index contributed by atoms with van der Waals surface area (Å²) in [5.74, 6) is -4.07. The number of carbonyl (C=O) groups excluding carboxylic acids is 3. The molecule has 0 aliphatic heterocycles. The largest absolute Gasteiger partial charge is 0.481 e. The van der Waals surface area contributed by atoms with Crippen LogP contribution in [-0.4, -0.2) is 54.1 Å². The first-order chi connectivity index (χ1) is 22.7. The summed E-state index contributed by atoms with van der Waals surface area (Å²) < 4.78 is 15.4. The topological polar surface area (TPSA) is 104 Å². The molecule has 0 aromatic heterocycles. The van der Waals surface area contributed by atoms with E-state index in [0.29, 0.717) is 17.5 Å². The van der Waals surface area contributed by atoms with Gasteiger partial charge in [-0.1, -0.05) is 55.6 Å². The monoisotopic (exact) mass is 698 g/mol. The number of nitrogens with zero attached hydrogens (tertiary/aromatic N) is 1. The van der Waals surface area contributed by atoms with E-state index in [0.717, 1.165) is 27.8 Å². The Bertz CT molecular complexity index is 1550. The van der Waals surface area contributed by atoms with Crippen molar-refractivity contribution in [1.82, 2.24) is 10.2 Å². The molecule has 2 N–H and O–H groups in total. The smallest absolute Gasteiger partial charge is 0.305 e. The molecule has 0 saturated heterocycles. The lowest BCUT2D eigenvalue weighted by Gasteiger charge is -2.25. The highest BCUT2D eigenvalue weighted by Gasteiger charge is 2.30. The Balaban J connectivity index is 0.00000183. The third kappa shape index (κ3) is 14.0. The van der Waals surface area contributed by atoms with Crippen molar-refractivity contribution in [3.05, 3.63) is 80.2 Å². The number of aliphatic carboxylic acids is 1. The van der Waals surface area contributed by atoms with Gasteiger partial charge in [0.05, 0.1) is 18.0 Å². The molecule has 9 heteroatoms. The molecular weight excluding hydrogens is 643 g/mol. The van der Waals surface area contributed by atoms with Gasteiger partial charge in [-0.3, -0.25) is 19.2 Å². The fourth-order valence-electron chi connectivity index (χ4n) is 5.83. The minimum Gasteiger partial charge on any atom is -0.481 e. The van der Waals surface area contributed by atoms with E-state index in [2.05, 4.69) is 31.2 Å². The minimum absolute atomic E-state index is 0.0163. The van der Waals surface area contributed by atoms with Crippen molar-refractivity contribution in [3.63, 3.8) is 0 Å². The molecule has 2 atom stereocenters. The van der Waals surface area contributed by atoms with Crippen LogP contribution in [0.15, 0.2) is 46.5 Å². The SMILES string of the molecule is CC(=O)/C(=C\C(Cl)=C(C)C)C(=O)C[C@@H](CC(C)C)C(=O)NC(CC(=O)O)c1cc(-c2c(C)cc(C)cc2C)cc(F)c1C.CCCN(C)C. The zero-order valence-corrected chi connectivity index (χ0v) is 32.2. The Morgan fingerprint density at radius 3 is 1.96 bits per heavy atom. The predicted octanol–water partition coefficient (Wildman–Crippen LogP) is 8.99. The Morgan fingerprint density at radius 2 is 1.53 bits per heavy atom. The van der Waals surface area contributed by atoms with E-state index in [9.17, 15) is 24.3 Å². The average molecular weight is 699 g/mol. The fourth-order valence-corrected chi connectivity index (χ4v) is 5.94. The molecule has 0 saturated carbocycles. The maximum absolute atomic E-state index is 15.4. The van der Waals surface area contributed by atoms with Gasteiger partial charge in [-0.25, -0.2) is 4.39 Å². The molecule has 2 rings (SSSR count). The normalized spacial score (nSPS) is 12.6. The summed E-state index contributed by atoms with van der Waals surface area (Å²) >= 11 is 6.21. The number of amides is 1. The van der Waals surface area contributed by atoms with E-state index in [1.165, 1.54) is 32.0 Å². The van der Waals surface area contributed by atoms with Crippen LogP contribution in [0.2, 0.25) is 0 Å². The van der Waals surface area contributed by atoms with Crippen molar-refractivity contribution in [2.75, 3.05) is 20.6 Å². The molecule has 0 aliphatic rings. The first-order valence-corrected chi connectivity index (χ1v) is 17.2. The molecule has 0 aliphatic carbocycles. The molecule has 1 unspecified atom stereocenters. The van der Waals surface area contributed by atoms with E-state index in [1.54, 1.807) is 26.8 Å². The number of halogens is 2. The Labute approximate surface area is 298 Å². The average Bonchev–Trinajstić information content (AvgIpc) is 2.95. The van der Waals surface area contributed by atoms with Crippen molar-refractivity contribution in [1.29, 1.82) is 0 Å². The molecule has 1 amide bonds. The molecular formula is C40H56ClFN2O5. The number of aryl methyl sites for hydroxylation is 3. The second-order valence-electron chi connectivity index (χ2n) is 13.8. The summed E-state index contributed by atoms with van der Waals surface area (Å²) in [4.78, 5) is 53.4. The lowest BCUT2D eigenvalue weighted by Crippen LogP contribution is -2.37. The molecule has 0 spiro atoms. The number of nitrogens with one attached hydrogen (secondary N) is 1. The minimum atomic E-state index is -1.17. The van der Waals surface area contributed by atoms with Gasteiger partial charge in [0.25, 0.3) is 0 Å². The van der Waals surface area contributed by atoms with Gasteiger partial charge in [-0.2, -0.15) is 0 Å². The standard InChI is InChI=1S/C35H43ClFNO5.C5H13N/c1-18(2)10-26(15-32(40)28(24(9)39)16-29(36)19(3)4)35(43)38-31(17-33(41)42)27-13-25(14-30(37)23(27)8)34-21(6)11-20(5)12-22(34)7;1-4-5-6(2)3/h11-14,16,18,26,31H,10,15,17H2,1-9H3,(H,38,43)(H,41,42);4-5H2,1-3H3/b28-16+;/t26-,31?;/m1./s1. The van der Waals surface area contributed by atoms with Gasteiger partial charge in [0.1, 0.15) is 5.82 Å². The van der Waals surface area contributed by atoms with Gasteiger partial charge in [0.15, 0.2) is 11.6 Å². The van der Waals surface area contributed by atoms with Gasteiger partial charge >= 0.3 is 5.97 Å². The number of rotatable bonds is 15. The second kappa shape index (κ2) is 20.1. The molecule has 49 heavy (non-hydrogen) atoms. The summed E-state index contributed by atoms with van der Waals surface area (Å²) in [7, 11) is 4.17. The number of Topliss-reactive ketones (excluding diaryl/α,β-unsaturated/α-hetero) is 2. The zero-order valence-electron chi connectivity index (χ0n) is 31.4.